The topological polar surface area (TPSA) is 99.3 Å². The minimum atomic E-state index is -0.415. The minimum Gasteiger partial charge on any atom is -0.352 e. The van der Waals surface area contributed by atoms with Crippen molar-refractivity contribution in [1.29, 1.82) is 0 Å². The number of nitrogens with one attached hydrogen (secondary N) is 4. The Bertz CT molecular complexity index is 856. The Morgan fingerprint density at radius 2 is 1.61 bits per heavy atom. The fraction of sp³-hybridized carbons (Fsp3) is 0.200. The zero-order valence-corrected chi connectivity index (χ0v) is 16.3. The summed E-state index contributed by atoms with van der Waals surface area (Å²) in [7, 11) is 0. The van der Waals surface area contributed by atoms with Crippen molar-refractivity contribution in [2.75, 3.05) is 0 Å². The molecule has 0 aromatic heterocycles. The smallest absolute Gasteiger partial charge is 0.257 e. The monoisotopic (exact) mass is 398 g/mol. The zero-order valence-electron chi connectivity index (χ0n) is 15.5. The first-order valence-corrected chi connectivity index (χ1v) is 9.12. The van der Waals surface area contributed by atoms with Crippen LogP contribution in [0.25, 0.3) is 0 Å². The number of aryl methyl sites for hydroxylation is 1. The Kier molecular flexibility index (Phi) is 8.11. The molecule has 0 radical (unpaired) electrons. The zero-order chi connectivity index (χ0) is 20.4. The molecular weight excluding hydrogens is 376 g/mol. The lowest BCUT2D eigenvalue weighted by atomic mass is 10.1. The van der Waals surface area contributed by atoms with Crippen molar-refractivity contribution in [3.8, 4) is 0 Å². The molecule has 0 aliphatic rings. The fourth-order valence-corrected chi connectivity index (χ4v) is 2.44. The third-order valence-corrected chi connectivity index (χ3v) is 3.94. The largest absolute Gasteiger partial charge is 0.352 e. The van der Waals surface area contributed by atoms with Crippen LogP contribution in [0.3, 0.4) is 0 Å². The number of thiocarbonyl (C=S) groups is 1. The van der Waals surface area contributed by atoms with E-state index in [-0.39, 0.29) is 29.8 Å². The van der Waals surface area contributed by atoms with Crippen molar-refractivity contribution >= 4 is 35.1 Å². The summed E-state index contributed by atoms with van der Waals surface area (Å²) in [6.45, 7) is 2.29. The van der Waals surface area contributed by atoms with Gasteiger partial charge < -0.3 is 5.32 Å². The molecule has 4 N–H and O–H groups in total. The van der Waals surface area contributed by atoms with Crippen molar-refractivity contribution in [2.24, 2.45) is 0 Å². The van der Waals surface area contributed by atoms with E-state index in [1.54, 1.807) is 18.2 Å². The van der Waals surface area contributed by atoms with Gasteiger partial charge in [-0.3, -0.25) is 30.6 Å². The maximum atomic E-state index is 12.1. The Morgan fingerprint density at radius 3 is 2.32 bits per heavy atom. The fourth-order valence-electron chi connectivity index (χ4n) is 2.29. The molecule has 2 aromatic rings. The number of hydrazine groups is 1. The molecule has 146 valence electrons. The number of hydrogen-bond acceptors (Lipinski definition) is 4. The second-order valence-electron chi connectivity index (χ2n) is 6.09. The summed E-state index contributed by atoms with van der Waals surface area (Å²) in [6.07, 6.45) is 0.0326. The van der Waals surface area contributed by atoms with Gasteiger partial charge in [-0.1, -0.05) is 48.0 Å². The van der Waals surface area contributed by atoms with E-state index in [4.69, 9.17) is 12.2 Å². The molecule has 0 fully saturated rings. The molecule has 0 unspecified atom stereocenters. The van der Waals surface area contributed by atoms with E-state index in [1.807, 2.05) is 43.3 Å². The Balaban J connectivity index is 1.64. The van der Waals surface area contributed by atoms with Crippen LogP contribution in [-0.4, -0.2) is 22.8 Å². The minimum absolute atomic E-state index is 0.0118. The number of carbonyl (C=O) groups excluding carboxylic acids is 3. The molecule has 0 aliphatic carbocycles. The van der Waals surface area contributed by atoms with Crippen molar-refractivity contribution in [3.63, 3.8) is 0 Å². The highest BCUT2D eigenvalue weighted by molar-refractivity contribution is 7.80. The summed E-state index contributed by atoms with van der Waals surface area (Å²) < 4.78 is 0. The first kappa shape index (κ1) is 21.0. The average Bonchev–Trinajstić information content (AvgIpc) is 2.70. The van der Waals surface area contributed by atoms with Crippen LogP contribution in [0.2, 0.25) is 0 Å². The predicted molar refractivity (Wildman–Crippen MR) is 110 cm³/mol. The van der Waals surface area contributed by atoms with Gasteiger partial charge in [0.15, 0.2) is 5.11 Å². The number of rotatable bonds is 6. The van der Waals surface area contributed by atoms with Gasteiger partial charge in [0.25, 0.3) is 5.91 Å². The molecule has 2 rings (SSSR count). The second-order valence-corrected chi connectivity index (χ2v) is 6.50. The lowest BCUT2D eigenvalue weighted by Crippen LogP contribution is -2.48. The number of hydrogen-bond donors (Lipinski definition) is 4. The van der Waals surface area contributed by atoms with E-state index in [1.165, 1.54) is 0 Å². The van der Waals surface area contributed by atoms with Gasteiger partial charge in [-0.25, -0.2) is 0 Å². The number of carbonyl (C=O) groups is 3. The molecule has 0 spiro atoms. The van der Waals surface area contributed by atoms with Crippen LogP contribution in [0.4, 0.5) is 0 Å². The van der Waals surface area contributed by atoms with Gasteiger partial charge in [0.1, 0.15) is 0 Å². The van der Waals surface area contributed by atoms with Gasteiger partial charge in [0, 0.05) is 24.9 Å². The summed E-state index contributed by atoms with van der Waals surface area (Å²) in [6, 6.07) is 16.5. The van der Waals surface area contributed by atoms with Crippen LogP contribution in [0, 0.1) is 6.92 Å². The van der Waals surface area contributed by atoms with Crippen LogP contribution >= 0.6 is 12.2 Å². The van der Waals surface area contributed by atoms with E-state index in [2.05, 4.69) is 21.5 Å². The second kappa shape index (κ2) is 10.8. The van der Waals surface area contributed by atoms with Crippen molar-refractivity contribution in [2.45, 2.75) is 26.3 Å². The first-order valence-electron chi connectivity index (χ1n) is 8.71. The van der Waals surface area contributed by atoms with Gasteiger partial charge >= 0.3 is 0 Å². The average molecular weight is 398 g/mol. The van der Waals surface area contributed by atoms with Gasteiger partial charge in [0.05, 0.1) is 0 Å². The standard InChI is InChI=1S/C20H22N4O3S/c1-14-6-5-9-16(12-14)19(27)22-20(28)24-23-18(26)11-10-17(25)21-13-15-7-3-2-4-8-15/h2-9,12H,10-11,13H2,1H3,(H,21,25)(H,23,26)(H2,22,24,27,28). The van der Waals surface area contributed by atoms with Crippen LogP contribution in [0.15, 0.2) is 54.6 Å². The van der Waals surface area contributed by atoms with Crippen molar-refractivity contribution in [1.82, 2.24) is 21.5 Å². The maximum absolute atomic E-state index is 12.1. The lowest BCUT2D eigenvalue weighted by molar-refractivity contribution is -0.126. The molecule has 0 aliphatic heterocycles. The summed E-state index contributed by atoms with van der Waals surface area (Å²) >= 11 is 4.98. The predicted octanol–water partition coefficient (Wildman–Crippen LogP) is 1.73. The van der Waals surface area contributed by atoms with Gasteiger partial charge in [0.2, 0.25) is 11.8 Å². The third-order valence-electron chi connectivity index (χ3n) is 3.73. The van der Waals surface area contributed by atoms with Crippen LogP contribution in [0.1, 0.15) is 34.3 Å². The van der Waals surface area contributed by atoms with Crippen molar-refractivity contribution < 1.29 is 14.4 Å². The summed E-state index contributed by atoms with van der Waals surface area (Å²) in [4.78, 5) is 35.6. The Labute approximate surface area is 168 Å². The molecule has 0 atom stereocenters. The number of amides is 3. The summed E-state index contributed by atoms with van der Waals surface area (Å²) in [5.74, 6) is -1.02. The molecule has 28 heavy (non-hydrogen) atoms. The van der Waals surface area contributed by atoms with E-state index in [9.17, 15) is 14.4 Å². The Hall–Kier alpha value is -3.26. The van der Waals surface area contributed by atoms with Gasteiger partial charge in [-0.15, -0.1) is 0 Å². The van der Waals surface area contributed by atoms with Crippen LogP contribution in [0.5, 0.6) is 0 Å². The lowest BCUT2D eigenvalue weighted by Gasteiger charge is -2.11. The maximum Gasteiger partial charge on any atom is 0.257 e. The highest BCUT2D eigenvalue weighted by Crippen LogP contribution is 2.03. The molecule has 0 bridgehead atoms. The van der Waals surface area contributed by atoms with Crippen molar-refractivity contribution in [3.05, 3.63) is 71.3 Å². The first-order chi connectivity index (χ1) is 13.4. The molecule has 7 nitrogen and oxygen atoms in total. The molecular formula is C20H22N4O3S. The quantitative estimate of drug-likeness (QED) is 0.439. The molecule has 0 saturated carbocycles. The third kappa shape index (κ3) is 7.55. The number of benzene rings is 2. The van der Waals surface area contributed by atoms with E-state index in [0.717, 1.165) is 11.1 Å². The highest BCUT2D eigenvalue weighted by Gasteiger charge is 2.10. The molecule has 2 aromatic carbocycles. The highest BCUT2D eigenvalue weighted by atomic mass is 32.1. The van der Waals surface area contributed by atoms with Gasteiger partial charge in [-0.2, -0.15) is 0 Å². The van der Waals surface area contributed by atoms with E-state index < -0.39 is 5.91 Å². The molecule has 0 saturated heterocycles. The summed E-state index contributed by atoms with van der Waals surface area (Å²) in [5, 5.41) is 5.18. The normalized spacial score (nSPS) is 9.89. The molecule has 3 amide bonds. The molecule has 0 heterocycles. The Morgan fingerprint density at radius 1 is 0.893 bits per heavy atom. The SMILES string of the molecule is Cc1cccc(C(=O)NC(=S)NNC(=O)CCC(=O)NCc2ccccc2)c1. The van der Waals surface area contributed by atoms with E-state index in [0.29, 0.717) is 12.1 Å². The van der Waals surface area contributed by atoms with E-state index >= 15 is 0 Å². The van der Waals surface area contributed by atoms with Crippen LogP contribution in [-0.2, 0) is 16.1 Å². The summed E-state index contributed by atoms with van der Waals surface area (Å²) in [5.41, 5.74) is 7.20. The molecule has 8 heteroatoms. The van der Waals surface area contributed by atoms with Gasteiger partial charge in [-0.05, 0) is 36.8 Å². The van der Waals surface area contributed by atoms with Crippen LogP contribution < -0.4 is 21.5 Å².